The highest BCUT2D eigenvalue weighted by atomic mass is 35.5. The molecule has 136 valence electrons. The SMILES string of the molecule is CC1CCCN(C(C)CNC(=O)C2CC23CCNCC3)C1.Cl.Cl. The van der Waals surface area contributed by atoms with E-state index in [1.54, 1.807) is 0 Å². The number of halogens is 2. The Morgan fingerprint density at radius 3 is 2.70 bits per heavy atom. The van der Waals surface area contributed by atoms with Crippen molar-refractivity contribution >= 4 is 30.7 Å². The standard InChI is InChI=1S/C17H31N3O.2ClH/c1-13-4-3-9-20(12-13)14(2)11-19-16(21)15-10-17(15)5-7-18-8-6-17;;/h13-15,18H,3-12H2,1-2H3,(H,19,21);2*1H. The van der Waals surface area contributed by atoms with E-state index < -0.39 is 0 Å². The summed E-state index contributed by atoms with van der Waals surface area (Å²) in [6, 6.07) is 0.472. The summed E-state index contributed by atoms with van der Waals surface area (Å²) in [4.78, 5) is 14.9. The van der Waals surface area contributed by atoms with E-state index in [1.807, 2.05) is 0 Å². The first-order valence-corrected chi connectivity index (χ1v) is 8.83. The third-order valence-corrected chi connectivity index (χ3v) is 5.99. The summed E-state index contributed by atoms with van der Waals surface area (Å²) < 4.78 is 0. The molecule has 0 aromatic carbocycles. The highest BCUT2D eigenvalue weighted by Gasteiger charge is 2.57. The number of hydrogen-bond donors (Lipinski definition) is 2. The number of carbonyl (C=O) groups excluding carboxylic acids is 1. The van der Waals surface area contributed by atoms with Crippen LogP contribution in [0, 0.1) is 17.3 Å². The van der Waals surface area contributed by atoms with Crippen molar-refractivity contribution in [1.29, 1.82) is 0 Å². The van der Waals surface area contributed by atoms with Crippen LogP contribution in [0.25, 0.3) is 0 Å². The number of piperidine rings is 2. The van der Waals surface area contributed by atoms with E-state index in [-0.39, 0.29) is 24.8 Å². The van der Waals surface area contributed by atoms with Crippen LogP contribution in [0.4, 0.5) is 0 Å². The zero-order chi connectivity index (χ0) is 14.9. The Hall–Kier alpha value is -0.0300. The number of nitrogens with zero attached hydrogens (tertiary/aromatic N) is 1. The van der Waals surface area contributed by atoms with Crippen LogP contribution >= 0.6 is 24.8 Å². The summed E-state index contributed by atoms with van der Waals surface area (Å²) in [6.07, 6.45) is 6.15. The van der Waals surface area contributed by atoms with Gasteiger partial charge in [-0.1, -0.05) is 6.92 Å². The summed E-state index contributed by atoms with van der Waals surface area (Å²) in [7, 11) is 0. The minimum absolute atomic E-state index is 0. The number of hydrogen-bond acceptors (Lipinski definition) is 3. The lowest BCUT2D eigenvalue weighted by Crippen LogP contribution is -2.46. The number of likely N-dealkylation sites (tertiary alicyclic amines) is 1. The lowest BCUT2D eigenvalue weighted by atomic mass is 9.92. The van der Waals surface area contributed by atoms with Gasteiger partial charge in [0.1, 0.15) is 0 Å². The fraction of sp³-hybridized carbons (Fsp3) is 0.941. The maximum Gasteiger partial charge on any atom is 0.223 e. The van der Waals surface area contributed by atoms with Crippen molar-refractivity contribution in [2.45, 2.75) is 52.0 Å². The molecule has 3 rings (SSSR count). The molecule has 0 aromatic heterocycles. The summed E-state index contributed by atoms with van der Waals surface area (Å²) in [5, 5.41) is 6.63. The van der Waals surface area contributed by atoms with Gasteiger partial charge in [-0.25, -0.2) is 0 Å². The molecule has 0 bridgehead atoms. The lowest BCUT2D eigenvalue weighted by molar-refractivity contribution is -0.123. The summed E-state index contributed by atoms with van der Waals surface area (Å²) in [5.41, 5.74) is 0.359. The highest BCUT2D eigenvalue weighted by molar-refractivity contribution is 5.85. The molecule has 1 saturated carbocycles. The van der Waals surface area contributed by atoms with Crippen molar-refractivity contribution in [3.63, 3.8) is 0 Å². The highest BCUT2D eigenvalue weighted by Crippen LogP contribution is 2.58. The Morgan fingerprint density at radius 2 is 2.04 bits per heavy atom. The maximum absolute atomic E-state index is 12.4. The average Bonchev–Trinajstić information content (AvgIpc) is 3.18. The molecule has 1 amide bonds. The Balaban J connectivity index is 0.00000132. The first-order chi connectivity index (χ1) is 10.1. The average molecular weight is 366 g/mol. The van der Waals surface area contributed by atoms with Crippen molar-refractivity contribution in [2.24, 2.45) is 17.3 Å². The molecular weight excluding hydrogens is 333 g/mol. The van der Waals surface area contributed by atoms with Crippen molar-refractivity contribution < 1.29 is 4.79 Å². The van der Waals surface area contributed by atoms with Crippen LogP contribution in [0.15, 0.2) is 0 Å². The molecule has 0 aromatic rings. The molecule has 2 heterocycles. The minimum atomic E-state index is 0. The van der Waals surface area contributed by atoms with E-state index in [9.17, 15) is 4.79 Å². The number of rotatable bonds is 4. The second-order valence-corrected chi connectivity index (χ2v) is 7.71. The molecule has 3 aliphatic rings. The van der Waals surface area contributed by atoms with E-state index in [1.165, 1.54) is 38.8 Å². The van der Waals surface area contributed by atoms with Crippen LogP contribution < -0.4 is 10.6 Å². The predicted octanol–water partition coefficient (Wildman–Crippen LogP) is 2.46. The third kappa shape index (κ3) is 4.97. The zero-order valence-corrected chi connectivity index (χ0v) is 16.1. The topological polar surface area (TPSA) is 44.4 Å². The minimum Gasteiger partial charge on any atom is -0.354 e. The van der Waals surface area contributed by atoms with Gasteiger partial charge in [0, 0.05) is 25.0 Å². The molecule has 3 atom stereocenters. The largest absolute Gasteiger partial charge is 0.354 e. The normalized spacial score (nSPS) is 30.7. The van der Waals surface area contributed by atoms with Gasteiger partial charge in [-0.3, -0.25) is 9.69 Å². The first kappa shape index (κ1) is 21.0. The molecule has 23 heavy (non-hydrogen) atoms. The molecule has 1 aliphatic carbocycles. The molecule has 2 aliphatic heterocycles. The Bertz CT molecular complexity index is 388. The number of amides is 1. The number of carbonyl (C=O) groups is 1. The lowest BCUT2D eigenvalue weighted by Gasteiger charge is -2.35. The van der Waals surface area contributed by atoms with Gasteiger partial charge in [-0.05, 0) is 70.0 Å². The van der Waals surface area contributed by atoms with Gasteiger partial charge < -0.3 is 10.6 Å². The second kappa shape index (κ2) is 8.89. The van der Waals surface area contributed by atoms with Crippen molar-refractivity contribution in [3.05, 3.63) is 0 Å². The quantitative estimate of drug-likeness (QED) is 0.803. The molecule has 6 heteroatoms. The molecule has 2 N–H and O–H groups in total. The summed E-state index contributed by atoms with van der Waals surface area (Å²) in [5.74, 6) is 1.42. The molecule has 1 spiro atoms. The second-order valence-electron chi connectivity index (χ2n) is 7.71. The van der Waals surface area contributed by atoms with E-state index in [4.69, 9.17) is 0 Å². The van der Waals surface area contributed by atoms with Gasteiger partial charge in [0.05, 0.1) is 0 Å². The molecule has 0 radical (unpaired) electrons. The molecular formula is C17H33Cl2N3O. The predicted molar refractivity (Wildman–Crippen MR) is 99.6 cm³/mol. The van der Waals surface area contributed by atoms with Crippen LogP contribution in [0.2, 0.25) is 0 Å². The van der Waals surface area contributed by atoms with Gasteiger partial charge in [0.15, 0.2) is 0 Å². The van der Waals surface area contributed by atoms with Crippen LogP contribution in [0.3, 0.4) is 0 Å². The smallest absolute Gasteiger partial charge is 0.223 e. The van der Waals surface area contributed by atoms with Gasteiger partial charge in [0.2, 0.25) is 5.91 Å². The van der Waals surface area contributed by atoms with Gasteiger partial charge in [0.25, 0.3) is 0 Å². The van der Waals surface area contributed by atoms with Gasteiger partial charge in [-0.15, -0.1) is 24.8 Å². The fourth-order valence-corrected chi connectivity index (χ4v) is 4.32. The monoisotopic (exact) mass is 365 g/mol. The van der Waals surface area contributed by atoms with Crippen molar-refractivity contribution in [3.8, 4) is 0 Å². The maximum atomic E-state index is 12.4. The summed E-state index contributed by atoms with van der Waals surface area (Å²) in [6.45, 7) is 9.97. The summed E-state index contributed by atoms with van der Waals surface area (Å²) >= 11 is 0. The van der Waals surface area contributed by atoms with E-state index in [0.717, 1.165) is 32.0 Å². The van der Waals surface area contributed by atoms with Crippen LogP contribution in [-0.4, -0.2) is 49.6 Å². The molecule has 3 fully saturated rings. The Kier molecular flexibility index (Phi) is 8.12. The van der Waals surface area contributed by atoms with Crippen LogP contribution in [0.1, 0.15) is 46.0 Å². The van der Waals surface area contributed by atoms with Gasteiger partial charge in [-0.2, -0.15) is 0 Å². The van der Waals surface area contributed by atoms with E-state index in [0.29, 0.717) is 23.3 Å². The van der Waals surface area contributed by atoms with E-state index >= 15 is 0 Å². The van der Waals surface area contributed by atoms with E-state index in [2.05, 4.69) is 29.4 Å². The van der Waals surface area contributed by atoms with Gasteiger partial charge >= 0.3 is 0 Å². The van der Waals surface area contributed by atoms with Crippen molar-refractivity contribution in [1.82, 2.24) is 15.5 Å². The Labute approximate surface area is 153 Å². The zero-order valence-electron chi connectivity index (χ0n) is 14.5. The fourth-order valence-electron chi connectivity index (χ4n) is 4.32. The third-order valence-electron chi connectivity index (χ3n) is 5.99. The Morgan fingerprint density at radius 1 is 1.35 bits per heavy atom. The van der Waals surface area contributed by atoms with Crippen LogP contribution in [-0.2, 0) is 4.79 Å². The van der Waals surface area contributed by atoms with Crippen molar-refractivity contribution in [2.75, 3.05) is 32.7 Å². The van der Waals surface area contributed by atoms with Crippen LogP contribution in [0.5, 0.6) is 0 Å². The number of nitrogens with one attached hydrogen (secondary N) is 2. The molecule has 3 unspecified atom stereocenters. The molecule has 2 saturated heterocycles. The molecule has 4 nitrogen and oxygen atoms in total. The first-order valence-electron chi connectivity index (χ1n) is 8.83.